The average molecular weight is 353 g/mol. The molecule has 2 fully saturated rings. The topological polar surface area (TPSA) is 53.5 Å². The van der Waals surface area contributed by atoms with Crippen molar-refractivity contribution in [3.8, 4) is 0 Å². The summed E-state index contributed by atoms with van der Waals surface area (Å²) in [5.41, 5.74) is 2.69. The van der Waals surface area contributed by atoms with E-state index in [1.165, 1.54) is 24.0 Å². The number of anilines is 2. The summed E-state index contributed by atoms with van der Waals surface area (Å²) in [5, 5.41) is 3.48. The lowest BCUT2D eigenvalue weighted by atomic mass is 10.1. The number of aromatic nitrogens is 2. The Kier molecular flexibility index (Phi) is 5.62. The number of ether oxygens (including phenoxy) is 1. The molecule has 2 saturated heterocycles. The summed E-state index contributed by atoms with van der Waals surface area (Å²) in [7, 11) is 0. The van der Waals surface area contributed by atoms with Gasteiger partial charge >= 0.3 is 0 Å². The summed E-state index contributed by atoms with van der Waals surface area (Å²) in [6.07, 6.45) is 4.17. The number of morpholine rings is 1. The van der Waals surface area contributed by atoms with Crippen molar-refractivity contribution in [1.82, 2.24) is 14.9 Å². The first-order chi connectivity index (χ1) is 12.9. The molecule has 0 saturated carbocycles. The van der Waals surface area contributed by atoms with Gasteiger partial charge in [-0.2, -0.15) is 0 Å². The van der Waals surface area contributed by atoms with Gasteiger partial charge in [0.2, 0.25) is 0 Å². The predicted octanol–water partition coefficient (Wildman–Crippen LogP) is 2.52. The van der Waals surface area contributed by atoms with Crippen molar-refractivity contribution in [2.45, 2.75) is 25.9 Å². The van der Waals surface area contributed by atoms with Crippen LogP contribution in [0.3, 0.4) is 0 Å². The molecule has 26 heavy (non-hydrogen) atoms. The highest BCUT2D eigenvalue weighted by Gasteiger charge is 2.15. The minimum absolute atomic E-state index is 0.775. The maximum absolute atomic E-state index is 5.45. The van der Waals surface area contributed by atoms with Gasteiger partial charge in [-0.15, -0.1) is 0 Å². The van der Waals surface area contributed by atoms with E-state index in [0.717, 1.165) is 64.1 Å². The van der Waals surface area contributed by atoms with Crippen LogP contribution in [0.5, 0.6) is 0 Å². The van der Waals surface area contributed by atoms with Crippen LogP contribution in [-0.2, 0) is 17.8 Å². The van der Waals surface area contributed by atoms with Crippen molar-refractivity contribution in [2.24, 2.45) is 0 Å². The molecule has 1 N–H and O–H groups in total. The lowest BCUT2D eigenvalue weighted by molar-refractivity contribution is 0.0341. The van der Waals surface area contributed by atoms with Crippen LogP contribution in [0, 0.1) is 0 Å². The smallest absolute Gasteiger partial charge is 0.134 e. The fourth-order valence-electron chi connectivity index (χ4n) is 3.63. The molecule has 0 unspecified atom stereocenters. The van der Waals surface area contributed by atoms with Gasteiger partial charge in [-0.3, -0.25) is 4.90 Å². The maximum atomic E-state index is 5.45. The zero-order chi connectivity index (χ0) is 17.6. The third kappa shape index (κ3) is 4.31. The predicted molar refractivity (Wildman–Crippen MR) is 103 cm³/mol. The van der Waals surface area contributed by atoms with Gasteiger partial charge in [0.1, 0.15) is 18.0 Å². The van der Waals surface area contributed by atoms with E-state index < -0.39 is 0 Å². The van der Waals surface area contributed by atoms with E-state index in [4.69, 9.17) is 4.74 Å². The first-order valence-electron chi connectivity index (χ1n) is 9.56. The van der Waals surface area contributed by atoms with Crippen molar-refractivity contribution < 1.29 is 4.74 Å². The number of rotatable bonds is 6. The van der Waals surface area contributed by atoms with Crippen LogP contribution in [0.4, 0.5) is 11.6 Å². The molecule has 0 aliphatic carbocycles. The van der Waals surface area contributed by atoms with Crippen molar-refractivity contribution in [2.75, 3.05) is 49.6 Å². The molecule has 6 heteroatoms. The molecule has 1 aromatic heterocycles. The highest BCUT2D eigenvalue weighted by molar-refractivity contribution is 5.49. The Morgan fingerprint density at radius 1 is 0.962 bits per heavy atom. The van der Waals surface area contributed by atoms with Gasteiger partial charge in [0, 0.05) is 45.3 Å². The zero-order valence-corrected chi connectivity index (χ0v) is 15.2. The molecule has 0 spiro atoms. The Morgan fingerprint density at radius 3 is 2.54 bits per heavy atom. The van der Waals surface area contributed by atoms with E-state index in [2.05, 4.69) is 55.4 Å². The minimum atomic E-state index is 0.775. The second-order valence-corrected chi connectivity index (χ2v) is 6.97. The zero-order valence-electron chi connectivity index (χ0n) is 15.2. The van der Waals surface area contributed by atoms with Crippen LogP contribution in [0.1, 0.15) is 24.0 Å². The Bertz CT molecular complexity index is 711. The van der Waals surface area contributed by atoms with E-state index in [-0.39, 0.29) is 0 Å². The molecule has 0 atom stereocenters. The van der Waals surface area contributed by atoms with Gasteiger partial charge < -0.3 is 15.0 Å². The number of nitrogens with zero attached hydrogens (tertiary/aromatic N) is 4. The third-order valence-electron chi connectivity index (χ3n) is 5.16. The molecule has 3 heterocycles. The quantitative estimate of drug-likeness (QED) is 0.861. The fraction of sp³-hybridized carbons (Fsp3) is 0.500. The molecule has 1 aromatic carbocycles. The molecule has 6 nitrogen and oxygen atoms in total. The molecule has 138 valence electrons. The molecule has 4 rings (SSSR count). The second kappa shape index (κ2) is 8.47. The first kappa shape index (κ1) is 17.2. The second-order valence-electron chi connectivity index (χ2n) is 6.97. The molecule has 0 radical (unpaired) electrons. The van der Waals surface area contributed by atoms with Gasteiger partial charge in [-0.1, -0.05) is 24.3 Å². The third-order valence-corrected chi connectivity index (χ3v) is 5.16. The number of hydrogen-bond donors (Lipinski definition) is 1. The van der Waals surface area contributed by atoms with Crippen molar-refractivity contribution in [3.63, 3.8) is 0 Å². The average Bonchev–Trinajstić information content (AvgIpc) is 3.23. The van der Waals surface area contributed by atoms with Gasteiger partial charge in [0.05, 0.1) is 13.2 Å². The Morgan fingerprint density at radius 2 is 1.73 bits per heavy atom. The molecule has 2 aromatic rings. The van der Waals surface area contributed by atoms with Gasteiger partial charge in [0.15, 0.2) is 0 Å². The summed E-state index contributed by atoms with van der Waals surface area (Å²) in [6.45, 7) is 7.62. The van der Waals surface area contributed by atoms with E-state index in [1.54, 1.807) is 6.33 Å². The lowest BCUT2D eigenvalue weighted by Gasteiger charge is -2.27. The van der Waals surface area contributed by atoms with E-state index >= 15 is 0 Å². The van der Waals surface area contributed by atoms with Crippen molar-refractivity contribution >= 4 is 11.6 Å². The normalized spacial score (nSPS) is 18.2. The fourth-order valence-corrected chi connectivity index (χ4v) is 3.63. The van der Waals surface area contributed by atoms with E-state index in [1.807, 2.05) is 0 Å². The summed E-state index contributed by atoms with van der Waals surface area (Å²) >= 11 is 0. The molecule has 0 amide bonds. The Balaban J connectivity index is 1.40. The SMILES string of the molecule is c1ccc(CN2CCOCC2)c(CNc2cc(N3CCCC3)ncn2)c1. The summed E-state index contributed by atoms with van der Waals surface area (Å²) < 4.78 is 5.45. The van der Waals surface area contributed by atoms with Crippen LogP contribution < -0.4 is 10.2 Å². The van der Waals surface area contributed by atoms with E-state index in [0.29, 0.717) is 0 Å². The summed E-state index contributed by atoms with van der Waals surface area (Å²) in [4.78, 5) is 13.6. The Labute approximate surface area is 155 Å². The van der Waals surface area contributed by atoms with Crippen molar-refractivity contribution in [3.05, 3.63) is 47.8 Å². The first-order valence-corrected chi connectivity index (χ1v) is 9.56. The number of benzene rings is 1. The monoisotopic (exact) mass is 353 g/mol. The minimum Gasteiger partial charge on any atom is -0.379 e. The van der Waals surface area contributed by atoms with Crippen LogP contribution >= 0.6 is 0 Å². The van der Waals surface area contributed by atoms with E-state index in [9.17, 15) is 0 Å². The highest BCUT2D eigenvalue weighted by Crippen LogP contribution is 2.20. The maximum Gasteiger partial charge on any atom is 0.134 e. The molecular weight excluding hydrogens is 326 g/mol. The van der Waals surface area contributed by atoms with Crippen LogP contribution in [-0.4, -0.2) is 54.3 Å². The summed E-state index contributed by atoms with van der Waals surface area (Å²) in [6, 6.07) is 10.7. The molecular formula is C20H27N5O. The number of hydrogen-bond acceptors (Lipinski definition) is 6. The number of nitrogens with one attached hydrogen (secondary N) is 1. The highest BCUT2D eigenvalue weighted by atomic mass is 16.5. The lowest BCUT2D eigenvalue weighted by Crippen LogP contribution is -2.35. The molecule has 2 aliphatic heterocycles. The standard InChI is InChI=1S/C20H27N5O/c1-2-6-18(15-24-9-11-26-12-10-24)17(5-1)14-21-19-13-20(23-16-22-19)25-7-3-4-8-25/h1-2,5-6,13,16H,3-4,7-12,14-15H2,(H,21,22,23). The van der Waals surface area contributed by atoms with Gasteiger partial charge in [-0.25, -0.2) is 9.97 Å². The van der Waals surface area contributed by atoms with Gasteiger partial charge in [0.25, 0.3) is 0 Å². The van der Waals surface area contributed by atoms with Crippen LogP contribution in [0.25, 0.3) is 0 Å². The molecule has 2 aliphatic rings. The van der Waals surface area contributed by atoms with Crippen LogP contribution in [0.15, 0.2) is 36.7 Å². The van der Waals surface area contributed by atoms with Gasteiger partial charge in [-0.05, 0) is 24.0 Å². The summed E-state index contributed by atoms with van der Waals surface area (Å²) in [5.74, 6) is 1.92. The van der Waals surface area contributed by atoms with Crippen LogP contribution in [0.2, 0.25) is 0 Å². The molecule has 0 bridgehead atoms. The largest absolute Gasteiger partial charge is 0.379 e. The van der Waals surface area contributed by atoms with Crippen molar-refractivity contribution in [1.29, 1.82) is 0 Å². The Hall–Kier alpha value is -2.18.